The third-order valence-corrected chi connectivity index (χ3v) is 5.46. The van der Waals surface area contributed by atoms with Gasteiger partial charge in [-0.2, -0.15) is 0 Å². The molecule has 2 aromatic heterocycles. The molecule has 0 fully saturated rings. The standard InChI is InChI=1S/C19H21N3O2S2/c1-13-5-7-14(8-6-13)12-20-16(23)4-2-3-10-22-18(24)17-15(9-11-26-17)21-19(22)25/h5-9,11H,2-4,10,12H2,1H3,(H,20,23)(H,21,25). The Morgan fingerprint density at radius 1 is 1.23 bits per heavy atom. The molecule has 0 aliphatic heterocycles. The lowest BCUT2D eigenvalue weighted by Gasteiger charge is -2.07. The van der Waals surface area contributed by atoms with Gasteiger partial charge in [0, 0.05) is 19.5 Å². The van der Waals surface area contributed by atoms with E-state index in [4.69, 9.17) is 12.2 Å². The number of H-pyrrole nitrogens is 1. The third-order valence-electron chi connectivity index (χ3n) is 4.24. The minimum absolute atomic E-state index is 0.0248. The van der Waals surface area contributed by atoms with Crippen LogP contribution in [0.3, 0.4) is 0 Å². The molecule has 1 aromatic carbocycles. The quantitative estimate of drug-likeness (QED) is 0.477. The summed E-state index contributed by atoms with van der Waals surface area (Å²) in [4.78, 5) is 27.5. The zero-order chi connectivity index (χ0) is 18.5. The Morgan fingerprint density at radius 3 is 2.77 bits per heavy atom. The number of hydrogen-bond acceptors (Lipinski definition) is 4. The number of nitrogens with one attached hydrogen (secondary N) is 2. The molecule has 0 saturated carbocycles. The molecule has 3 aromatic rings. The van der Waals surface area contributed by atoms with E-state index in [1.807, 2.05) is 42.6 Å². The molecule has 0 saturated heterocycles. The van der Waals surface area contributed by atoms with Crippen LogP contribution in [0, 0.1) is 11.7 Å². The van der Waals surface area contributed by atoms with E-state index in [0.717, 1.165) is 17.5 Å². The van der Waals surface area contributed by atoms with Gasteiger partial charge in [0.15, 0.2) is 4.77 Å². The van der Waals surface area contributed by atoms with Crippen LogP contribution in [0.25, 0.3) is 10.2 Å². The molecule has 0 aliphatic carbocycles. The van der Waals surface area contributed by atoms with Gasteiger partial charge in [-0.25, -0.2) is 0 Å². The number of fused-ring (bicyclic) bond motifs is 1. The smallest absolute Gasteiger partial charge is 0.272 e. The molecule has 1 amide bonds. The number of amides is 1. The predicted molar refractivity (Wildman–Crippen MR) is 108 cm³/mol. The van der Waals surface area contributed by atoms with Gasteiger partial charge in [-0.05, 0) is 49.0 Å². The summed E-state index contributed by atoms with van der Waals surface area (Å²) in [6, 6.07) is 9.97. The van der Waals surface area contributed by atoms with Crippen molar-refractivity contribution in [3.63, 3.8) is 0 Å². The summed E-state index contributed by atoms with van der Waals surface area (Å²) >= 11 is 6.68. The van der Waals surface area contributed by atoms with E-state index >= 15 is 0 Å². The second-order valence-electron chi connectivity index (χ2n) is 6.27. The molecule has 0 aliphatic rings. The van der Waals surface area contributed by atoms with Crippen molar-refractivity contribution in [3.05, 3.63) is 62.0 Å². The van der Waals surface area contributed by atoms with Crippen molar-refractivity contribution in [2.45, 2.75) is 39.3 Å². The first kappa shape index (κ1) is 18.5. The highest BCUT2D eigenvalue weighted by Gasteiger charge is 2.07. The Bertz CT molecular complexity index is 1020. The molecule has 0 atom stereocenters. The molecule has 0 unspecified atom stereocenters. The van der Waals surface area contributed by atoms with Crippen molar-refractivity contribution in [1.29, 1.82) is 0 Å². The molecule has 0 bridgehead atoms. The Balaban J connectivity index is 1.47. The van der Waals surface area contributed by atoms with Crippen molar-refractivity contribution in [1.82, 2.24) is 14.9 Å². The van der Waals surface area contributed by atoms with E-state index < -0.39 is 0 Å². The number of rotatable bonds is 7. The highest BCUT2D eigenvalue weighted by Crippen LogP contribution is 2.14. The number of unbranched alkanes of at least 4 members (excludes halogenated alkanes) is 1. The van der Waals surface area contributed by atoms with E-state index in [9.17, 15) is 9.59 Å². The highest BCUT2D eigenvalue weighted by molar-refractivity contribution is 7.71. The van der Waals surface area contributed by atoms with Crippen LogP contribution in [0.5, 0.6) is 0 Å². The van der Waals surface area contributed by atoms with Crippen LogP contribution in [-0.4, -0.2) is 15.5 Å². The third kappa shape index (κ3) is 4.47. The fourth-order valence-electron chi connectivity index (χ4n) is 2.72. The number of thiophene rings is 1. The number of hydrogen-bond donors (Lipinski definition) is 2. The lowest BCUT2D eigenvalue weighted by Crippen LogP contribution is -2.23. The number of benzene rings is 1. The van der Waals surface area contributed by atoms with Crippen LogP contribution < -0.4 is 10.9 Å². The van der Waals surface area contributed by atoms with Crippen LogP contribution in [0.1, 0.15) is 30.4 Å². The first-order valence-electron chi connectivity index (χ1n) is 8.57. The summed E-state index contributed by atoms with van der Waals surface area (Å²) in [6.07, 6.45) is 1.88. The SMILES string of the molecule is Cc1ccc(CNC(=O)CCCCn2c(=S)[nH]c3ccsc3c2=O)cc1. The summed E-state index contributed by atoms with van der Waals surface area (Å²) in [5, 5.41) is 4.80. The molecular formula is C19H21N3O2S2. The van der Waals surface area contributed by atoms with E-state index in [1.165, 1.54) is 16.9 Å². The van der Waals surface area contributed by atoms with E-state index in [2.05, 4.69) is 10.3 Å². The van der Waals surface area contributed by atoms with E-state index in [0.29, 0.717) is 35.4 Å². The van der Waals surface area contributed by atoms with Crippen LogP contribution >= 0.6 is 23.6 Å². The Morgan fingerprint density at radius 2 is 2.00 bits per heavy atom. The molecule has 5 nitrogen and oxygen atoms in total. The molecule has 7 heteroatoms. The molecule has 2 N–H and O–H groups in total. The molecule has 136 valence electrons. The highest BCUT2D eigenvalue weighted by atomic mass is 32.1. The van der Waals surface area contributed by atoms with Gasteiger partial charge in [0.05, 0.1) is 5.52 Å². The lowest BCUT2D eigenvalue weighted by molar-refractivity contribution is -0.121. The first-order valence-corrected chi connectivity index (χ1v) is 9.86. The average molecular weight is 388 g/mol. The summed E-state index contributed by atoms with van der Waals surface area (Å²) in [7, 11) is 0. The Hall–Kier alpha value is -2.25. The fraction of sp³-hybridized carbons (Fsp3) is 0.316. The van der Waals surface area contributed by atoms with Crippen molar-refractivity contribution in [2.75, 3.05) is 0 Å². The van der Waals surface area contributed by atoms with Gasteiger partial charge in [-0.1, -0.05) is 29.8 Å². The first-order chi connectivity index (χ1) is 12.5. The second kappa shape index (κ2) is 8.42. The number of carbonyl (C=O) groups is 1. The van der Waals surface area contributed by atoms with Gasteiger partial charge in [0.25, 0.3) is 5.56 Å². The molecule has 26 heavy (non-hydrogen) atoms. The fourth-order valence-corrected chi connectivity index (χ4v) is 3.81. The van der Waals surface area contributed by atoms with Gasteiger partial charge in [-0.3, -0.25) is 14.2 Å². The topological polar surface area (TPSA) is 66.9 Å². The molecule has 0 spiro atoms. The van der Waals surface area contributed by atoms with Gasteiger partial charge in [0.1, 0.15) is 4.70 Å². The molecule has 3 rings (SSSR count). The number of carbonyl (C=O) groups excluding carboxylic acids is 1. The monoisotopic (exact) mass is 387 g/mol. The van der Waals surface area contributed by atoms with Crippen LogP contribution in [0.15, 0.2) is 40.5 Å². The van der Waals surface area contributed by atoms with Crippen molar-refractivity contribution >= 4 is 39.7 Å². The molecular weight excluding hydrogens is 366 g/mol. The largest absolute Gasteiger partial charge is 0.352 e. The van der Waals surface area contributed by atoms with Crippen molar-refractivity contribution in [2.24, 2.45) is 0 Å². The number of nitrogens with zero attached hydrogens (tertiary/aromatic N) is 1. The normalized spacial score (nSPS) is 11.0. The minimum Gasteiger partial charge on any atom is -0.352 e. The predicted octanol–water partition coefficient (Wildman–Crippen LogP) is 3.92. The Kier molecular flexibility index (Phi) is 6.00. The Labute approximate surface area is 160 Å². The van der Waals surface area contributed by atoms with Gasteiger partial charge < -0.3 is 10.3 Å². The maximum atomic E-state index is 12.4. The van der Waals surface area contributed by atoms with Crippen LogP contribution in [-0.2, 0) is 17.9 Å². The van der Waals surface area contributed by atoms with Crippen LogP contribution in [0.2, 0.25) is 0 Å². The summed E-state index contributed by atoms with van der Waals surface area (Å²) in [5.74, 6) is 0.0248. The zero-order valence-corrected chi connectivity index (χ0v) is 16.2. The second-order valence-corrected chi connectivity index (χ2v) is 7.57. The summed E-state index contributed by atoms with van der Waals surface area (Å²) < 4.78 is 2.71. The maximum Gasteiger partial charge on any atom is 0.272 e. The van der Waals surface area contributed by atoms with Crippen LogP contribution in [0.4, 0.5) is 0 Å². The minimum atomic E-state index is -0.0532. The number of aromatic amines is 1. The van der Waals surface area contributed by atoms with E-state index in [-0.39, 0.29) is 11.5 Å². The maximum absolute atomic E-state index is 12.4. The van der Waals surface area contributed by atoms with Crippen molar-refractivity contribution < 1.29 is 4.79 Å². The number of aromatic nitrogens is 2. The summed E-state index contributed by atoms with van der Waals surface area (Å²) in [6.45, 7) is 3.10. The van der Waals surface area contributed by atoms with Gasteiger partial charge in [0.2, 0.25) is 5.91 Å². The van der Waals surface area contributed by atoms with Gasteiger partial charge in [-0.15, -0.1) is 11.3 Å². The number of aryl methyl sites for hydroxylation is 1. The van der Waals surface area contributed by atoms with Gasteiger partial charge >= 0.3 is 0 Å². The summed E-state index contributed by atoms with van der Waals surface area (Å²) in [5.41, 5.74) is 3.03. The van der Waals surface area contributed by atoms with E-state index in [1.54, 1.807) is 4.57 Å². The molecule has 0 radical (unpaired) electrons. The molecule has 2 heterocycles. The van der Waals surface area contributed by atoms with Crippen molar-refractivity contribution in [3.8, 4) is 0 Å². The average Bonchev–Trinajstić information content (AvgIpc) is 3.09. The zero-order valence-electron chi connectivity index (χ0n) is 14.6. The lowest BCUT2D eigenvalue weighted by atomic mass is 10.1.